The van der Waals surface area contributed by atoms with Crippen molar-refractivity contribution in [2.75, 3.05) is 37.4 Å². The topological polar surface area (TPSA) is 111 Å². The number of likely N-dealkylation sites (N-methyl/N-ethyl adjacent to an activating group) is 1. The van der Waals surface area contributed by atoms with Gasteiger partial charge in [-0.1, -0.05) is 37.3 Å². The lowest BCUT2D eigenvalue weighted by molar-refractivity contribution is -0.137. The number of anilines is 2. The van der Waals surface area contributed by atoms with Crippen LogP contribution in [0.4, 0.5) is 29.3 Å². The van der Waals surface area contributed by atoms with Crippen LogP contribution in [0.1, 0.15) is 30.5 Å². The number of hydrogen-bond donors (Lipinski definition) is 3. The molecule has 4 rings (SSSR count). The van der Waals surface area contributed by atoms with Gasteiger partial charge >= 0.3 is 12.2 Å². The lowest BCUT2D eigenvalue weighted by Crippen LogP contribution is -2.48. The summed E-state index contributed by atoms with van der Waals surface area (Å²) in [5, 5.41) is 15.3. The van der Waals surface area contributed by atoms with E-state index in [1.807, 2.05) is 37.3 Å². The van der Waals surface area contributed by atoms with E-state index in [4.69, 9.17) is 4.74 Å². The predicted molar refractivity (Wildman–Crippen MR) is 164 cm³/mol. The molecule has 0 fully saturated rings. The Morgan fingerprint density at radius 3 is 2.36 bits per heavy atom. The van der Waals surface area contributed by atoms with Gasteiger partial charge in [0, 0.05) is 36.4 Å². The molecule has 9 nitrogen and oxygen atoms in total. The van der Waals surface area contributed by atoms with Crippen LogP contribution in [0.25, 0.3) is 0 Å². The van der Waals surface area contributed by atoms with E-state index in [2.05, 4.69) is 10.6 Å². The summed E-state index contributed by atoms with van der Waals surface area (Å²) >= 11 is 0. The van der Waals surface area contributed by atoms with E-state index < -0.39 is 29.9 Å². The molecule has 3 aromatic carbocycles. The quantitative estimate of drug-likeness (QED) is 0.319. The molecule has 45 heavy (non-hydrogen) atoms. The first-order valence-electron chi connectivity index (χ1n) is 14.6. The van der Waals surface area contributed by atoms with Crippen LogP contribution in [0.15, 0.2) is 72.8 Å². The van der Waals surface area contributed by atoms with Gasteiger partial charge in [-0.3, -0.25) is 9.59 Å². The van der Waals surface area contributed by atoms with Crippen LogP contribution in [-0.4, -0.2) is 71.6 Å². The number of nitrogens with one attached hydrogen (secondary N) is 2. The maximum absolute atomic E-state index is 13.5. The van der Waals surface area contributed by atoms with E-state index >= 15 is 0 Å². The van der Waals surface area contributed by atoms with Crippen LogP contribution < -0.4 is 15.4 Å². The molecular formula is C33H37F3N4O5. The number of ether oxygens (including phenoxy) is 1. The first-order chi connectivity index (χ1) is 21.3. The van der Waals surface area contributed by atoms with Crippen molar-refractivity contribution in [3.63, 3.8) is 0 Å². The van der Waals surface area contributed by atoms with E-state index in [0.29, 0.717) is 17.0 Å². The Morgan fingerprint density at radius 1 is 1.04 bits per heavy atom. The van der Waals surface area contributed by atoms with Crippen molar-refractivity contribution >= 4 is 29.2 Å². The Bertz CT molecular complexity index is 1480. The highest BCUT2D eigenvalue weighted by Gasteiger charge is 2.32. The van der Waals surface area contributed by atoms with Crippen LogP contribution in [0, 0.1) is 5.92 Å². The minimum Gasteiger partial charge on any atom is -0.488 e. The van der Waals surface area contributed by atoms with Crippen LogP contribution in [0.2, 0.25) is 0 Å². The molecule has 1 heterocycles. The van der Waals surface area contributed by atoms with Crippen molar-refractivity contribution in [3.8, 4) is 5.75 Å². The predicted octanol–water partition coefficient (Wildman–Crippen LogP) is 5.20. The van der Waals surface area contributed by atoms with Crippen molar-refractivity contribution in [1.82, 2.24) is 9.80 Å². The first-order valence-corrected chi connectivity index (χ1v) is 14.6. The number of carbonyl (C=O) groups excluding carboxylic acids is 3. The lowest BCUT2D eigenvalue weighted by Gasteiger charge is -2.34. The summed E-state index contributed by atoms with van der Waals surface area (Å²) in [5.74, 6) is -0.328. The van der Waals surface area contributed by atoms with Gasteiger partial charge in [-0.15, -0.1) is 0 Å². The number of rotatable bonds is 8. The zero-order valence-corrected chi connectivity index (χ0v) is 25.3. The number of aliphatic hydroxyl groups is 1. The molecular weight excluding hydrogens is 589 g/mol. The number of amides is 4. The SMILES string of the molecule is C[C@H]1CN([C@@H](C)CO)C(=O)Cc2cc(NC(=O)Cc3ccccc3)ccc2O[C@H]1CN(C)C(=O)Nc1ccc(C(F)(F)F)cc1. The molecule has 1 aliphatic heterocycles. The van der Waals surface area contributed by atoms with Gasteiger partial charge in [0.25, 0.3) is 0 Å². The van der Waals surface area contributed by atoms with Crippen molar-refractivity contribution in [2.45, 2.75) is 45.0 Å². The monoisotopic (exact) mass is 626 g/mol. The maximum Gasteiger partial charge on any atom is 0.416 e. The summed E-state index contributed by atoms with van der Waals surface area (Å²) in [6, 6.07) is 17.4. The lowest BCUT2D eigenvalue weighted by atomic mass is 10.0. The fraction of sp³-hybridized carbons (Fsp3) is 0.364. The van der Waals surface area contributed by atoms with Gasteiger partial charge in [-0.25, -0.2) is 4.79 Å². The Labute approximate surface area is 260 Å². The summed E-state index contributed by atoms with van der Waals surface area (Å²) in [4.78, 5) is 42.1. The average molecular weight is 627 g/mol. The van der Waals surface area contributed by atoms with Gasteiger partial charge in [-0.05, 0) is 55.0 Å². The fourth-order valence-corrected chi connectivity index (χ4v) is 5.03. The Balaban J connectivity index is 1.53. The average Bonchev–Trinajstić information content (AvgIpc) is 3.04. The summed E-state index contributed by atoms with van der Waals surface area (Å²) in [6.07, 6.45) is -4.96. The largest absolute Gasteiger partial charge is 0.488 e. The van der Waals surface area contributed by atoms with Crippen molar-refractivity contribution in [1.29, 1.82) is 0 Å². The number of alkyl halides is 3. The summed E-state index contributed by atoms with van der Waals surface area (Å²) in [6.45, 7) is 3.69. The molecule has 1 aliphatic rings. The molecule has 0 unspecified atom stereocenters. The summed E-state index contributed by atoms with van der Waals surface area (Å²) < 4.78 is 45.2. The third-order valence-corrected chi connectivity index (χ3v) is 7.67. The third-order valence-electron chi connectivity index (χ3n) is 7.67. The summed E-state index contributed by atoms with van der Waals surface area (Å²) in [5.41, 5.74) is 1.25. The minimum absolute atomic E-state index is 0.0360. The van der Waals surface area contributed by atoms with E-state index in [1.54, 1.807) is 30.0 Å². The van der Waals surface area contributed by atoms with Crippen LogP contribution in [0.3, 0.4) is 0 Å². The highest BCUT2D eigenvalue weighted by Crippen LogP contribution is 2.31. The van der Waals surface area contributed by atoms with Gasteiger partial charge in [0.05, 0.1) is 37.6 Å². The number of nitrogens with zero attached hydrogens (tertiary/aromatic N) is 2. The maximum atomic E-state index is 13.5. The van der Waals surface area contributed by atoms with E-state index in [9.17, 15) is 32.7 Å². The molecule has 0 aromatic heterocycles. The first kappa shape index (κ1) is 33.3. The molecule has 3 atom stereocenters. The van der Waals surface area contributed by atoms with E-state index in [-0.39, 0.29) is 56.0 Å². The molecule has 4 amide bonds. The molecule has 12 heteroatoms. The Morgan fingerprint density at radius 2 is 1.71 bits per heavy atom. The number of carbonyl (C=O) groups is 3. The van der Waals surface area contributed by atoms with Gasteiger partial charge < -0.3 is 30.3 Å². The summed E-state index contributed by atoms with van der Waals surface area (Å²) in [7, 11) is 1.54. The molecule has 3 aromatic rings. The minimum atomic E-state index is -4.49. The number of hydrogen-bond acceptors (Lipinski definition) is 5. The molecule has 3 N–H and O–H groups in total. The number of aliphatic hydroxyl groups excluding tert-OH is 1. The number of halogens is 3. The molecule has 0 spiro atoms. The van der Waals surface area contributed by atoms with Crippen molar-refractivity contribution in [2.24, 2.45) is 5.92 Å². The molecule has 240 valence electrons. The molecule has 0 saturated carbocycles. The fourth-order valence-electron chi connectivity index (χ4n) is 5.03. The van der Waals surface area contributed by atoms with Crippen LogP contribution >= 0.6 is 0 Å². The van der Waals surface area contributed by atoms with Gasteiger partial charge in [0.1, 0.15) is 11.9 Å². The van der Waals surface area contributed by atoms with Gasteiger partial charge in [0.15, 0.2) is 0 Å². The normalized spacial score (nSPS) is 17.6. The highest BCUT2D eigenvalue weighted by atomic mass is 19.4. The second kappa shape index (κ2) is 14.5. The zero-order valence-electron chi connectivity index (χ0n) is 25.3. The second-order valence-electron chi connectivity index (χ2n) is 11.3. The smallest absolute Gasteiger partial charge is 0.416 e. The molecule has 0 radical (unpaired) electrons. The van der Waals surface area contributed by atoms with E-state index in [0.717, 1.165) is 17.7 Å². The second-order valence-corrected chi connectivity index (χ2v) is 11.3. The zero-order chi connectivity index (χ0) is 32.7. The molecule has 0 bridgehead atoms. The molecule has 0 saturated heterocycles. The van der Waals surface area contributed by atoms with Crippen LogP contribution in [-0.2, 0) is 28.6 Å². The van der Waals surface area contributed by atoms with Gasteiger partial charge in [-0.2, -0.15) is 13.2 Å². The van der Waals surface area contributed by atoms with Crippen molar-refractivity contribution in [3.05, 3.63) is 89.5 Å². The number of urea groups is 1. The standard InChI is InChI=1S/C33H37F3N4O5/c1-21-18-40(22(2)20-41)31(43)17-24-16-27(37-30(42)15-23-7-5-4-6-8-23)13-14-28(24)45-29(21)19-39(3)32(44)38-26-11-9-25(10-12-26)33(34,35)36/h4-14,16,21-22,29,41H,15,17-20H2,1-3H3,(H,37,42)(H,38,44)/t21-,22-,29-/m0/s1. The number of benzene rings is 3. The third kappa shape index (κ3) is 8.98. The highest BCUT2D eigenvalue weighted by molar-refractivity contribution is 5.93. The van der Waals surface area contributed by atoms with Crippen LogP contribution in [0.5, 0.6) is 5.75 Å². The Hall–Kier alpha value is -4.58. The van der Waals surface area contributed by atoms with Crippen molar-refractivity contribution < 1.29 is 37.4 Å². The molecule has 0 aliphatic carbocycles. The van der Waals surface area contributed by atoms with Gasteiger partial charge in [0.2, 0.25) is 11.8 Å². The number of fused-ring (bicyclic) bond motifs is 1. The Kier molecular flexibility index (Phi) is 10.7. The van der Waals surface area contributed by atoms with E-state index in [1.165, 1.54) is 24.1 Å².